The summed E-state index contributed by atoms with van der Waals surface area (Å²) >= 11 is 0. The molecule has 0 aliphatic carbocycles. The molecule has 1 saturated heterocycles. The van der Waals surface area contributed by atoms with Crippen molar-refractivity contribution >= 4 is 11.9 Å². The van der Waals surface area contributed by atoms with Crippen LogP contribution in [0.2, 0.25) is 0 Å². The van der Waals surface area contributed by atoms with Crippen molar-refractivity contribution in [1.82, 2.24) is 20.1 Å². The monoisotopic (exact) mass is 446 g/mol. The van der Waals surface area contributed by atoms with Crippen molar-refractivity contribution in [3.05, 3.63) is 34.2 Å². The summed E-state index contributed by atoms with van der Waals surface area (Å²) in [5.74, 6) is 0.534. The number of hydrogen-bond donors (Lipinski definition) is 2. The number of fused-ring (bicyclic) bond motifs is 4. The molecule has 2 aliphatic rings. The quantitative estimate of drug-likeness (QED) is 0.570. The largest absolute Gasteiger partial charge is 0.379 e. The second-order valence-corrected chi connectivity index (χ2v) is 9.80. The van der Waals surface area contributed by atoms with Crippen LogP contribution in [-0.4, -0.2) is 59.8 Å². The molecule has 3 heterocycles. The first-order valence-electron chi connectivity index (χ1n) is 11.9. The lowest BCUT2D eigenvalue weighted by Crippen LogP contribution is -2.56. The molecule has 2 N–H and O–H groups in total. The molecule has 0 aromatic carbocycles. The van der Waals surface area contributed by atoms with Gasteiger partial charge < -0.3 is 24.8 Å². The average molecular weight is 447 g/mol. The van der Waals surface area contributed by atoms with Crippen molar-refractivity contribution in [3.8, 4) is 0 Å². The highest BCUT2D eigenvalue weighted by molar-refractivity contribution is 5.87. The van der Waals surface area contributed by atoms with Crippen LogP contribution in [0.15, 0.2) is 23.0 Å². The van der Waals surface area contributed by atoms with Crippen LogP contribution in [0.25, 0.3) is 0 Å². The Bertz CT molecular complexity index is 851. The van der Waals surface area contributed by atoms with E-state index in [0.717, 1.165) is 18.5 Å². The van der Waals surface area contributed by atoms with E-state index in [0.29, 0.717) is 39.2 Å². The molecule has 178 valence electrons. The van der Waals surface area contributed by atoms with Gasteiger partial charge in [0, 0.05) is 50.5 Å². The smallest absolute Gasteiger partial charge is 0.318 e. The molecule has 32 heavy (non-hydrogen) atoms. The summed E-state index contributed by atoms with van der Waals surface area (Å²) in [4.78, 5) is 39.9. The van der Waals surface area contributed by atoms with Gasteiger partial charge >= 0.3 is 6.03 Å². The number of pyridine rings is 1. The van der Waals surface area contributed by atoms with E-state index in [1.54, 1.807) is 12.1 Å². The van der Waals surface area contributed by atoms with E-state index < -0.39 is 6.04 Å². The zero-order valence-corrected chi connectivity index (χ0v) is 19.8. The van der Waals surface area contributed by atoms with E-state index in [9.17, 15) is 14.4 Å². The van der Waals surface area contributed by atoms with Gasteiger partial charge in [-0.05, 0) is 51.0 Å². The van der Waals surface area contributed by atoms with Crippen LogP contribution in [0.4, 0.5) is 4.79 Å². The molecule has 3 amide bonds. The lowest BCUT2D eigenvalue weighted by Gasteiger charge is -2.43. The second-order valence-electron chi connectivity index (χ2n) is 9.80. The maximum Gasteiger partial charge on any atom is 0.318 e. The minimum absolute atomic E-state index is 0.0302. The number of hydrogen-bond acceptors (Lipinski definition) is 4. The summed E-state index contributed by atoms with van der Waals surface area (Å²) in [6.07, 6.45) is 2.48. The summed E-state index contributed by atoms with van der Waals surface area (Å²) in [6, 6.07) is 4.62. The Balaban J connectivity index is 1.58. The predicted octanol–water partition coefficient (Wildman–Crippen LogP) is 2.32. The summed E-state index contributed by atoms with van der Waals surface area (Å²) < 4.78 is 7.37. The summed E-state index contributed by atoms with van der Waals surface area (Å²) in [6.45, 7) is 11.0. The zero-order chi connectivity index (χ0) is 23.3. The Morgan fingerprint density at radius 2 is 1.94 bits per heavy atom. The number of carbonyl (C=O) groups excluding carboxylic acids is 2. The Labute approximate surface area is 190 Å². The topological polar surface area (TPSA) is 92.7 Å². The lowest BCUT2D eigenvalue weighted by molar-refractivity contribution is -0.123. The van der Waals surface area contributed by atoms with Gasteiger partial charge in [0.15, 0.2) is 0 Å². The Morgan fingerprint density at radius 1 is 1.16 bits per heavy atom. The highest BCUT2D eigenvalue weighted by Crippen LogP contribution is 2.34. The molecule has 8 nitrogen and oxygen atoms in total. The van der Waals surface area contributed by atoms with Gasteiger partial charge in [0.2, 0.25) is 5.91 Å². The molecular formula is C24H38N4O4. The van der Waals surface area contributed by atoms with Crippen LogP contribution in [0.3, 0.4) is 0 Å². The molecule has 1 aromatic rings. The molecule has 2 bridgehead atoms. The van der Waals surface area contributed by atoms with Gasteiger partial charge in [-0.1, -0.05) is 19.9 Å². The Morgan fingerprint density at radius 3 is 2.66 bits per heavy atom. The van der Waals surface area contributed by atoms with Crippen LogP contribution in [0, 0.1) is 11.8 Å². The number of aromatic nitrogens is 1. The van der Waals surface area contributed by atoms with Crippen LogP contribution >= 0.6 is 0 Å². The Kier molecular flexibility index (Phi) is 8.34. The Hall–Kier alpha value is -2.35. The number of carbonyl (C=O) groups is 2. The third-order valence-corrected chi connectivity index (χ3v) is 6.16. The molecule has 0 spiro atoms. The minimum Gasteiger partial charge on any atom is -0.379 e. The first-order valence-corrected chi connectivity index (χ1v) is 11.9. The van der Waals surface area contributed by atoms with Crippen molar-refractivity contribution in [2.45, 2.75) is 71.6 Å². The highest BCUT2D eigenvalue weighted by atomic mass is 16.5. The fourth-order valence-corrected chi connectivity index (χ4v) is 4.73. The van der Waals surface area contributed by atoms with Gasteiger partial charge in [0.05, 0.1) is 6.10 Å². The predicted molar refractivity (Wildman–Crippen MR) is 124 cm³/mol. The number of urea groups is 1. The van der Waals surface area contributed by atoms with Gasteiger partial charge in [0.1, 0.15) is 6.04 Å². The molecule has 1 fully saturated rings. The molecule has 2 aliphatic heterocycles. The molecule has 8 heteroatoms. The van der Waals surface area contributed by atoms with Gasteiger partial charge in [-0.15, -0.1) is 0 Å². The van der Waals surface area contributed by atoms with E-state index in [-0.39, 0.29) is 41.4 Å². The average Bonchev–Trinajstić information content (AvgIpc) is 2.73. The third kappa shape index (κ3) is 6.34. The molecule has 1 aromatic heterocycles. The zero-order valence-electron chi connectivity index (χ0n) is 19.8. The van der Waals surface area contributed by atoms with Crippen molar-refractivity contribution < 1.29 is 14.3 Å². The van der Waals surface area contributed by atoms with E-state index in [1.165, 1.54) is 0 Å². The maximum absolute atomic E-state index is 13.1. The van der Waals surface area contributed by atoms with Crippen LogP contribution < -0.4 is 16.2 Å². The SMILES string of the molecule is CC(C)C[C@H](NC(=O)N1C[C@H]2C[C@@H](C1)c1cccc(=O)n1C2)C(=O)NCCCOC(C)C. The maximum atomic E-state index is 13.1. The van der Waals surface area contributed by atoms with Gasteiger partial charge in [-0.2, -0.15) is 0 Å². The first kappa shape index (κ1) is 24.3. The summed E-state index contributed by atoms with van der Waals surface area (Å²) in [7, 11) is 0. The summed E-state index contributed by atoms with van der Waals surface area (Å²) in [5, 5.41) is 5.92. The van der Waals surface area contributed by atoms with Gasteiger partial charge in [-0.25, -0.2) is 4.79 Å². The molecule has 0 radical (unpaired) electrons. The second kappa shape index (κ2) is 11.0. The number of likely N-dealkylation sites (tertiary alicyclic amines) is 1. The molecular weight excluding hydrogens is 408 g/mol. The minimum atomic E-state index is -0.565. The number of nitrogens with one attached hydrogen (secondary N) is 2. The number of amides is 3. The molecule has 0 saturated carbocycles. The van der Waals surface area contributed by atoms with Crippen molar-refractivity contribution in [3.63, 3.8) is 0 Å². The lowest BCUT2D eigenvalue weighted by atomic mass is 9.83. The highest BCUT2D eigenvalue weighted by Gasteiger charge is 2.37. The normalized spacial score (nSPS) is 20.8. The first-order chi connectivity index (χ1) is 15.2. The van der Waals surface area contributed by atoms with Crippen LogP contribution in [0.1, 0.15) is 58.6 Å². The van der Waals surface area contributed by atoms with E-state index in [1.807, 2.05) is 43.2 Å². The number of piperidine rings is 1. The third-order valence-electron chi connectivity index (χ3n) is 6.16. The molecule has 3 rings (SSSR count). The fourth-order valence-electron chi connectivity index (χ4n) is 4.73. The number of rotatable bonds is 9. The van der Waals surface area contributed by atoms with Crippen molar-refractivity contribution in [2.24, 2.45) is 11.8 Å². The van der Waals surface area contributed by atoms with E-state index in [2.05, 4.69) is 10.6 Å². The van der Waals surface area contributed by atoms with Crippen molar-refractivity contribution in [2.75, 3.05) is 26.2 Å². The number of ether oxygens (including phenoxy) is 1. The summed E-state index contributed by atoms with van der Waals surface area (Å²) in [5.41, 5.74) is 1.04. The van der Waals surface area contributed by atoms with Crippen molar-refractivity contribution in [1.29, 1.82) is 0 Å². The van der Waals surface area contributed by atoms with Crippen LogP contribution in [0.5, 0.6) is 0 Å². The van der Waals surface area contributed by atoms with E-state index >= 15 is 0 Å². The van der Waals surface area contributed by atoms with Crippen LogP contribution in [-0.2, 0) is 16.1 Å². The van der Waals surface area contributed by atoms with E-state index in [4.69, 9.17) is 4.74 Å². The standard InChI is InChI=1S/C24H38N4O4/c1-16(2)11-20(23(30)25-9-6-10-32-17(3)4)26-24(31)27-13-18-12-19(15-27)21-7-5-8-22(29)28(21)14-18/h5,7-8,16-20H,6,9-15H2,1-4H3,(H,25,30)(H,26,31)/t18-,19+,20+/m1/s1. The number of nitrogens with zero attached hydrogens (tertiary/aromatic N) is 2. The van der Waals surface area contributed by atoms with Gasteiger partial charge in [0.25, 0.3) is 5.56 Å². The van der Waals surface area contributed by atoms with Gasteiger partial charge in [-0.3, -0.25) is 9.59 Å². The fraction of sp³-hybridized carbons (Fsp3) is 0.708. The molecule has 3 atom stereocenters. The molecule has 0 unspecified atom stereocenters.